The zero-order chi connectivity index (χ0) is 11.1. The number of aromatic nitrogens is 1. The number of rotatable bonds is 1. The van der Waals surface area contributed by atoms with Crippen molar-refractivity contribution < 1.29 is 13.2 Å². The van der Waals surface area contributed by atoms with E-state index in [4.69, 9.17) is 0 Å². The fraction of sp³-hybridized carbons (Fsp3) is 0.111. The van der Waals surface area contributed by atoms with Gasteiger partial charge in [0.2, 0.25) is 0 Å². The number of alkyl halides is 3. The van der Waals surface area contributed by atoms with E-state index >= 15 is 0 Å². The first-order chi connectivity index (χ1) is 6.97. The largest absolute Gasteiger partial charge is 0.446 e. The van der Waals surface area contributed by atoms with E-state index in [2.05, 4.69) is 20.9 Å². The highest BCUT2D eigenvalue weighted by molar-refractivity contribution is 9.10. The summed E-state index contributed by atoms with van der Waals surface area (Å²) in [6.45, 7) is 0. The molecule has 0 spiro atoms. The third-order valence-corrected chi connectivity index (χ3v) is 3.28. The van der Waals surface area contributed by atoms with Crippen molar-refractivity contribution in [3.8, 4) is 0 Å². The van der Waals surface area contributed by atoms with E-state index in [1.807, 2.05) is 0 Å². The second kappa shape index (κ2) is 3.75. The Bertz CT molecular complexity index is 492. The van der Waals surface area contributed by atoms with Crippen LogP contribution in [0.5, 0.6) is 0 Å². The summed E-state index contributed by atoms with van der Waals surface area (Å²) in [5.41, 5.74) is -3.57. The normalized spacial score (nSPS) is 12.3. The predicted octanol–water partition coefficient (Wildman–Crippen LogP) is 4.54. The number of hydrogen-bond donors (Lipinski definition) is 1. The van der Waals surface area contributed by atoms with E-state index in [0.29, 0.717) is 15.4 Å². The van der Waals surface area contributed by atoms with E-state index in [0.717, 1.165) is 0 Å². The molecule has 0 aliphatic carbocycles. The van der Waals surface area contributed by atoms with Crippen LogP contribution in [0.1, 0.15) is 0 Å². The number of fused-ring (bicyclic) bond motifs is 1. The van der Waals surface area contributed by atoms with Gasteiger partial charge >= 0.3 is 5.51 Å². The first-order valence-electron chi connectivity index (χ1n) is 3.99. The zero-order valence-corrected chi connectivity index (χ0v) is 9.63. The van der Waals surface area contributed by atoms with Crippen LogP contribution in [-0.4, -0.2) is 10.5 Å². The van der Waals surface area contributed by atoms with Crippen molar-refractivity contribution in [3.05, 3.63) is 28.9 Å². The van der Waals surface area contributed by atoms with Crippen LogP contribution in [0.4, 0.5) is 13.2 Å². The van der Waals surface area contributed by atoms with Crippen LogP contribution < -0.4 is 0 Å². The lowest BCUT2D eigenvalue weighted by molar-refractivity contribution is -0.0327. The molecule has 2 rings (SSSR count). The summed E-state index contributed by atoms with van der Waals surface area (Å²) >= 11 is 3.12. The van der Waals surface area contributed by atoms with Crippen molar-refractivity contribution in [2.45, 2.75) is 10.4 Å². The summed E-state index contributed by atoms with van der Waals surface area (Å²) in [5.74, 6) is 0. The first kappa shape index (κ1) is 10.9. The molecule has 0 unspecified atom stereocenters. The SMILES string of the molecule is FC(F)(F)Sc1c[nH]c2cccc(Br)c12. The number of H-pyrrole nitrogens is 1. The smallest absolute Gasteiger partial charge is 0.360 e. The third-order valence-electron chi connectivity index (χ3n) is 1.84. The van der Waals surface area contributed by atoms with Crippen LogP contribution in [0.25, 0.3) is 10.9 Å². The minimum atomic E-state index is -4.26. The Morgan fingerprint density at radius 1 is 1.27 bits per heavy atom. The van der Waals surface area contributed by atoms with E-state index in [9.17, 15) is 13.2 Å². The van der Waals surface area contributed by atoms with E-state index in [1.165, 1.54) is 6.20 Å². The van der Waals surface area contributed by atoms with E-state index < -0.39 is 5.51 Å². The van der Waals surface area contributed by atoms with Crippen LogP contribution in [0.15, 0.2) is 33.8 Å². The quantitative estimate of drug-likeness (QED) is 0.764. The van der Waals surface area contributed by atoms with E-state index in [-0.39, 0.29) is 16.7 Å². The first-order valence-corrected chi connectivity index (χ1v) is 5.60. The maximum Gasteiger partial charge on any atom is 0.446 e. The fourth-order valence-electron chi connectivity index (χ4n) is 1.32. The molecular formula is C9H5BrF3NS. The molecule has 0 atom stereocenters. The van der Waals surface area contributed by atoms with Crippen molar-refractivity contribution in [1.29, 1.82) is 0 Å². The summed E-state index contributed by atoms with van der Waals surface area (Å²) in [4.78, 5) is 2.99. The Balaban J connectivity index is 2.53. The Labute approximate surface area is 96.2 Å². The van der Waals surface area contributed by atoms with Crippen molar-refractivity contribution in [2.75, 3.05) is 0 Å². The van der Waals surface area contributed by atoms with Crippen molar-refractivity contribution in [1.82, 2.24) is 4.98 Å². The number of hydrogen-bond acceptors (Lipinski definition) is 1. The monoisotopic (exact) mass is 295 g/mol. The maximum absolute atomic E-state index is 12.2. The molecule has 0 aliphatic heterocycles. The molecule has 2 aromatic rings. The second-order valence-corrected chi connectivity index (χ2v) is 4.82. The molecule has 1 nitrogen and oxygen atoms in total. The number of benzene rings is 1. The molecule has 80 valence electrons. The molecule has 0 bridgehead atoms. The molecule has 0 saturated carbocycles. The lowest BCUT2D eigenvalue weighted by atomic mass is 10.2. The number of nitrogens with one attached hydrogen (secondary N) is 1. The minimum Gasteiger partial charge on any atom is -0.360 e. The molecule has 0 saturated heterocycles. The van der Waals surface area contributed by atoms with Gasteiger partial charge in [0.25, 0.3) is 0 Å². The van der Waals surface area contributed by atoms with Crippen LogP contribution in [-0.2, 0) is 0 Å². The molecule has 0 amide bonds. The maximum atomic E-state index is 12.2. The molecule has 1 heterocycles. The Hall–Kier alpha value is -0.620. The number of thioether (sulfide) groups is 1. The van der Waals surface area contributed by atoms with Crippen LogP contribution in [0, 0.1) is 0 Å². The van der Waals surface area contributed by atoms with Crippen molar-refractivity contribution >= 4 is 38.6 Å². The molecule has 0 aliphatic rings. The van der Waals surface area contributed by atoms with Gasteiger partial charge in [0.05, 0.1) is 0 Å². The van der Waals surface area contributed by atoms with Crippen LogP contribution >= 0.6 is 27.7 Å². The highest BCUT2D eigenvalue weighted by Crippen LogP contribution is 2.42. The van der Waals surface area contributed by atoms with Gasteiger partial charge in [-0.3, -0.25) is 0 Å². The van der Waals surface area contributed by atoms with Crippen molar-refractivity contribution in [2.24, 2.45) is 0 Å². The van der Waals surface area contributed by atoms with Gasteiger partial charge in [-0.05, 0) is 23.9 Å². The molecule has 0 fully saturated rings. The Morgan fingerprint density at radius 3 is 2.67 bits per heavy atom. The third kappa shape index (κ3) is 2.31. The summed E-state index contributed by atoms with van der Waals surface area (Å²) in [7, 11) is 0. The average Bonchev–Trinajstić information content (AvgIpc) is 2.47. The molecule has 1 N–H and O–H groups in total. The highest BCUT2D eigenvalue weighted by atomic mass is 79.9. The zero-order valence-electron chi connectivity index (χ0n) is 7.23. The molecule has 15 heavy (non-hydrogen) atoms. The average molecular weight is 296 g/mol. The van der Waals surface area contributed by atoms with Crippen LogP contribution in [0.3, 0.4) is 0 Å². The Morgan fingerprint density at radius 2 is 2.00 bits per heavy atom. The summed E-state index contributed by atoms with van der Waals surface area (Å²) < 4.78 is 37.3. The van der Waals surface area contributed by atoms with Gasteiger partial charge in [0.15, 0.2) is 0 Å². The summed E-state index contributed by atoms with van der Waals surface area (Å²) in [6, 6.07) is 5.22. The van der Waals surface area contributed by atoms with Gasteiger partial charge in [0, 0.05) is 26.5 Å². The van der Waals surface area contributed by atoms with Gasteiger partial charge in [-0.15, -0.1) is 0 Å². The molecule has 6 heteroatoms. The predicted molar refractivity (Wildman–Crippen MR) is 57.9 cm³/mol. The lowest BCUT2D eigenvalue weighted by Crippen LogP contribution is -1.98. The highest BCUT2D eigenvalue weighted by Gasteiger charge is 2.30. The molecule has 0 radical (unpaired) electrons. The van der Waals surface area contributed by atoms with Gasteiger partial charge in [-0.2, -0.15) is 13.2 Å². The lowest BCUT2D eigenvalue weighted by Gasteiger charge is -2.04. The summed E-state index contributed by atoms with van der Waals surface area (Å²) in [6.07, 6.45) is 1.37. The minimum absolute atomic E-state index is 0.110. The second-order valence-electron chi connectivity index (χ2n) is 2.86. The Kier molecular flexibility index (Phi) is 2.72. The fourth-order valence-corrected chi connectivity index (χ4v) is 2.72. The van der Waals surface area contributed by atoms with Gasteiger partial charge in [-0.25, -0.2) is 0 Å². The number of aromatic amines is 1. The van der Waals surface area contributed by atoms with Gasteiger partial charge in [-0.1, -0.05) is 22.0 Å². The summed E-state index contributed by atoms with van der Waals surface area (Å²) in [5, 5.41) is 0.569. The topological polar surface area (TPSA) is 15.8 Å². The molecule has 1 aromatic carbocycles. The van der Waals surface area contributed by atoms with Crippen LogP contribution in [0.2, 0.25) is 0 Å². The number of halogens is 4. The molecular weight excluding hydrogens is 291 g/mol. The van der Waals surface area contributed by atoms with Gasteiger partial charge < -0.3 is 4.98 Å². The standard InChI is InChI=1S/C9H5BrF3NS/c10-5-2-1-3-6-8(5)7(4-14-6)15-9(11,12)13/h1-4,14H. The van der Waals surface area contributed by atoms with Gasteiger partial charge in [0.1, 0.15) is 0 Å². The molecule has 1 aromatic heterocycles. The van der Waals surface area contributed by atoms with Crippen molar-refractivity contribution in [3.63, 3.8) is 0 Å². The van der Waals surface area contributed by atoms with E-state index in [1.54, 1.807) is 18.2 Å².